The van der Waals surface area contributed by atoms with Crippen molar-refractivity contribution in [3.63, 3.8) is 0 Å². The van der Waals surface area contributed by atoms with Crippen molar-refractivity contribution in [2.75, 3.05) is 29.6 Å². The minimum absolute atomic E-state index is 0.0237. The van der Waals surface area contributed by atoms with Gasteiger partial charge < -0.3 is 19.4 Å². The van der Waals surface area contributed by atoms with Crippen molar-refractivity contribution in [3.05, 3.63) is 66.2 Å². The van der Waals surface area contributed by atoms with Gasteiger partial charge >= 0.3 is 6.09 Å². The molecule has 0 radical (unpaired) electrons. The molecule has 0 saturated carbocycles. The molecule has 2 heterocycles. The molecule has 2 aromatic carbocycles. The van der Waals surface area contributed by atoms with E-state index in [0.717, 1.165) is 23.4 Å². The SMILES string of the molecule is CS(=O)(=O)c1ccc(COC(=O)Nc2ccc3c(c2)N(Cc2cnc[nH]2)CCO3)cc1. The highest BCUT2D eigenvalue weighted by Gasteiger charge is 2.20. The number of carbonyl (C=O) groups is 1. The third-order valence-electron chi connectivity index (χ3n) is 4.80. The smallest absolute Gasteiger partial charge is 0.411 e. The lowest BCUT2D eigenvalue weighted by Gasteiger charge is -2.31. The third-order valence-corrected chi connectivity index (χ3v) is 5.93. The van der Waals surface area contributed by atoms with Crippen LogP contribution in [0.15, 0.2) is 59.9 Å². The minimum atomic E-state index is -3.26. The molecule has 3 aromatic rings. The van der Waals surface area contributed by atoms with Gasteiger partial charge in [-0.2, -0.15) is 0 Å². The topological polar surface area (TPSA) is 114 Å². The molecule has 0 fully saturated rings. The van der Waals surface area contributed by atoms with E-state index in [1.165, 1.54) is 12.1 Å². The van der Waals surface area contributed by atoms with Gasteiger partial charge in [-0.15, -0.1) is 0 Å². The van der Waals surface area contributed by atoms with Gasteiger partial charge in [-0.3, -0.25) is 5.32 Å². The quantitative estimate of drug-likeness (QED) is 0.603. The first kappa shape index (κ1) is 20.7. The fourth-order valence-corrected chi connectivity index (χ4v) is 3.86. The Morgan fingerprint density at radius 2 is 2.06 bits per heavy atom. The summed E-state index contributed by atoms with van der Waals surface area (Å²) < 4.78 is 34.0. The van der Waals surface area contributed by atoms with Gasteiger partial charge in [0.1, 0.15) is 19.0 Å². The molecule has 4 rings (SSSR count). The normalized spacial score (nSPS) is 13.3. The summed E-state index contributed by atoms with van der Waals surface area (Å²) in [5, 5.41) is 2.72. The number of rotatable bonds is 6. The van der Waals surface area contributed by atoms with E-state index in [4.69, 9.17) is 9.47 Å². The number of aromatic nitrogens is 2. The number of aromatic amines is 1. The zero-order chi connectivity index (χ0) is 21.8. The number of hydrogen-bond acceptors (Lipinski definition) is 7. The van der Waals surface area contributed by atoms with Crippen LogP contribution in [0.4, 0.5) is 16.2 Å². The molecule has 0 spiro atoms. The number of H-pyrrole nitrogens is 1. The van der Waals surface area contributed by atoms with Crippen molar-refractivity contribution in [2.24, 2.45) is 0 Å². The van der Waals surface area contributed by atoms with Crippen LogP contribution in [0.1, 0.15) is 11.3 Å². The first-order valence-corrected chi connectivity index (χ1v) is 11.5. The van der Waals surface area contributed by atoms with Gasteiger partial charge in [0.15, 0.2) is 9.84 Å². The van der Waals surface area contributed by atoms with Crippen LogP contribution in [-0.4, -0.2) is 43.9 Å². The van der Waals surface area contributed by atoms with Gasteiger partial charge in [-0.1, -0.05) is 12.1 Å². The summed E-state index contributed by atoms with van der Waals surface area (Å²) in [6.07, 6.45) is 3.95. The van der Waals surface area contributed by atoms with E-state index in [9.17, 15) is 13.2 Å². The fourth-order valence-electron chi connectivity index (χ4n) is 3.23. The lowest BCUT2D eigenvalue weighted by molar-refractivity contribution is 0.155. The second kappa shape index (κ2) is 8.68. The van der Waals surface area contributed by atoms with Crippen LogP contribution < -0.4 is 15.0 Å². The number of fused-ring (bicyclic) bond motifs is 1. The van der Waals surface area contributed by atoms with E-state index in [1.54, 1.807) is 30.7 Å². The number of hydrogen-bond donors (Lipinski definition) is 2. The predicted octanol–water partition coefficient (Wildman–Crippen LogP) is 2.96. The lowest BCUT2D eigenvalue weighted by atomic mass is 10.2. The Kier molecular flexibility index (Phi) is 5.81. The van der Waals surface area contributed by atoms with Crippen LogP contribution in [0, 0.1) is 0 Å². The van der Waals surface area contributed by atoms with Gasteiger partial charge in [0.2, 0.25) is 0 Å². The van der Waals surface area contributed by atoms with Crippen LogP contribution in [0.5, 0.6) is 5.75 Å². The second-order valence-electron chi connectivity index (χ2n) is 7.15. The van der Waals surface area contributed by atoms with E-state index in [1.807, 2.05) is 12.1 Å². The van der Waals surface area contributed by atoms with Gasteiger partial charge in [0.05, 0.1) is 35.7 Å². The molecular weight excluding hydrogens is 420 g/mol. The Morgan fingerprint density at radius 1 is 1.26 bits per heavy atom. The molecule has 2 N–H and O–H groups in total. The highest BCUT2D eigenvalue weighted by Crippen LogP contribution is 2.35. The zero-order valence-electron chi connectivity index (χ0n) is 16.9. The van der Waals surface area contributed by atoms with Gasteiger partial charge in [-0.05, 0) is 35.9 Å². The predicted molar refractivity (Wildman–Crippen MR) is 115 cm³/mol. The molecule has 1 amide bonds. The van der Waals surface area contributed by atoms with Crippen LogP contribution in [0.3, 0.4) is 0 Å². The number of carbonyl (C=O) groups excluding carboxylic acids is 1. The average Bonchev–Trinajstić information content (AvgIpc) is 3.25. The largest absolute Gasteiger partial charge is 0.490 e. The molecular formula is C21H22N4O5S. The summed E-state index contributed by atoms with van der Waals surface area (Å²) in [4.78, 5) is 21.7. The Bertz CT molecular complexity index is 1160. The molecule has 31 heavy (non-hydrogen) atoms. The van der Waals surface area contributed by atoms with E-state index >= 15 is 0 Å². The van der Waals surface area contributed by atoms with Crippen molar-refractivity contribution < 1.29 is 22.7 Å². The molecule has 1 aliphatic heterocycles. The number of amides is 1. The number of nitrogens with one attached hydrogen (secondary N) is 2. The van der Waals surface area contributed by atoms with Gasteiger partial charge in [0.25, 0.3) is 0 Å². The highest BCUT2D eigenvalue weighted by molar-refractivity contribution is 7.90. The van der Waals surface area contributed by atoms with E-state index in [0.29, 0.717) is 30.9 Å². The molecule has 0 bridgehead atoms. The summed E-state index contributed by atoms with van der Waals surface area (Å²) in [7, 11) is -3.26. The maximum atomic E-state index is 12.2. The number of sulfone groups is 1. The summed E-state index contributed by atoms with van der Waals surface area (Å²) in [5.74, 6) is 0.746. The van der Waals surface area contributed by atoms with Crippen molar-refractivity contribution >= 4 is 27.3 Å². The van der Waals surface area contributed by atoms with Gasteiger partial charge in [-0.25, -0.2) is 18.2 Å². The Hall–Kier alpha value is -3.53. The van der Waals surface area contributed by atoms with Crippen LogP contribution in [-0.2, 0) is 27.7 Å². The zero-order valence-corrected chi connectivity index (χ0v) is 17.7. The van der Waals surface area contributed by atoms with Crippen LogP contribution in [0.2, 0.25) is 0 Å². The molecule has 1 aliphatic rings. The van der Waals surface area contributed by atoms with E-state index in [2.05, 4.69) is 20.2 Å². The maximum Gasteiger partial charge on any atom is 0.411 e. The van der Waals surface area contributed by atoms with Crippen LogP contribution in [0.25, 0.3) is 0 Å². The van der Waals surface area contributed by atoms with Crippen LogP contribution >= 0.6 is 0 Å². The molecule has 0 unspecified atom stereocenters. The van der Waals surface area contributed by atoms with Crippen molar-refractivity contribution in [1.82, 2.24) is 9.97 Å². The average molecular weight is 442 g/mol. The maximum absolute atomic E-state index is 12.2. The van der Waals surface area contributed by atoms with Crippen molar-refractivity contribution in [2.45, 2.75) is 18.0 Å². The van der Waals surface area contributed by atoms with E-state index in [-0.39, 0.29) is 11.5 Å². The van der Waals surface area contributed by atoms with Crippen molar-refractivity contribution in [3.8, 4) is 5.75 Å². The Labute approximate surface area is 179 Å². The Balaban J connectivity index is 1.38. The first-order chi connectivity index (χ1) is 14.9. The second-order valence-corrected chi connectivity index (χ2v) is 9.16. The molecule has 9 nitrogen and oxygen atoms in total. The number of imidazole rings is 1. The summed E-state index contributed by atoms with van der Waals surface area (Å²) in [6, 6.07) is 11.6. The Morgan fingerprint density at radius 3 is 2.77 bits per heavy atom. The molecule has 0 saturated heterocycles. The van der Waals surface area contributed by atoms with Crippen molar-refractivity contribution in [1.29, 1.82) is 0 Å². The first-order valence-electron chi connectivity index (χ1n) is 9.60. The number of nitrogens with zero attached hydrogens (tertiary/aromatic N) is 2. The molecule has 0 aliphatic carbocycles. The minimum Gasteiger partial charge on any atom is -0.490 e. The molecule has 10 heteroatoms. The lowest BCUT2D eigenvalue weighted by Crippen LogP contribution is -2.32. The third kappa shape index (κ3) is 5.15. The summed E-state index contributed by atoms with van der Waals surface area (Å²) in [5.41, 5.74) is 3.12. The standard InChI is InChI=1S/C21H22N4O5S/c1-31(27,28)18-5-2-15(3-6-18)13-30-21(26)24-16-4-7-20-19(10-16)25(8-9-29-20)12-17-11-22-14-23-17/h2-7,10-11,14H,8-9,12-13H2,1H3,(H,22,23)(H,24,26). The fraction of sp³-hybridized carbons (Fsp3) is 0.238. The van der Waals surface area contributed by atoms with Gasteiger partial charge in [0, 0.05) is 18.1 Å². The molecule has 162 valence electrons. The highest BCUT2D eigenvalue weighted by atomic mass is 32.2. The number of ether oxygens (including phenoxy) is 2. The number of anilines is 2. The molecule has 1 aromatic heterocycles. The summed E-state index contributed by atoms with van der Waals surface area (Å²) in [6.45, 7) is 1.96. The monoisotopic (exact) mass is 442 g/mol. The van der Waals surface area contributed by atoms with E-state index < -0.39 is 15.9 Å². The molecule has 0 atom stereocenters. The number of benzene rings is 2. The summed E-state index contributed by atoms with van der Waals surface area (Å²) >= 11 is 0.